The maximum Gasteiger partial charge on any atom is 0.319 e. The minimum atomic E-state index is -0.339. The van der Waals surface area contributed by atoms with Gasteiger partial charge in [-0.2, -0.15) is 0 Å². The van der Waals surface area contributed by atoms with Crippen LogP contribution in [0.2, 0.25) is 0 Å². The number of rotatable bonds is 6. The van der Waals surface area contributed by atoms with Crippen molar-refractivity contribution in [3.8, 4) is 0 Å². The molecule has 5 N–H and O–H groups in total. The van der Waals surface area contributed by atoms with Crippen molar-refractivity contribution in [1.82, 2.24) is 10.6 Å². The summed E-state index contributed by atoms with van der Waals surface area (Å²) in [6.45, 7) is 5.96. The third-order valence-electron chi connectivity index (χ3n) is 2.76. The van der Waals surface area contributed by atoms with Gasteiger partial charge in [0, 0.05) is 30.7 Å². The van der Waals surface area contributed by atoms with Crippen molar-refractivity contribution in [2.45, 2.75) is 39.3 Å². The van der Waals surface area contributed by atoms with Gasteiger partial charge in [0.2, 0.25) is 5.91 Å². The normalized spacial score (nSPS) is 11.9. The Labute approximate surface area is 125 Å². The van der Waals surface area contributed by atoms with Crippen molar-refractivity contribution in [2.24, 2.45) is 5.73 Å². The fourth-order valence-corrected chi connectivity index (χ4v) is 1.76. The Balaban J connectivity index is 2.37. The highest BCUT2D eigenvalue weighted by Gasteiger charge is 2.06. The Kier molecular flexibility index (Phi) is 6.68. The lowest BCUT2D eigenvalue weighted by Gasteiger charge is -2.11. The molecule has 0 saturated carbocycles. The molecule has 1 rings (SSSR count). The van der Waals surface area contributed by atoms with E-state index in [1.807, 2.05) is 39.0 Å². The molecule has 0 fully saturated rings. The molecule has 0 aliphatic rings. The zero-order chi connectivity index (χ0) is 15.8. The first-order chi connectivity index (χ1) is 9.88. The lowest BCUT2D eigenvalue weighted by molar-refractivity contribution is -0.121. The van der Waals surface area contributed by atoms with Gasteiger partial charge < -0.3 is 21.7 Å². The van der Waals surface area contributed by atoms with Crippen LogP contribution in [0, 0.1) is 0 Å². The van der Waals surface area contributed by atoms with E-state index in [9.17, 15) is 9.59 Å². The molecule has 0 spiro atoms. The summed E-state index contributed by atoms with van der Waals surface area (Å²) in [6.07, 6.45) is 0.255. The first-order valence-corrected chi connectivity index (χ1v) is 7.08. The fraction of sp³-hybridized carbons (Fsp3) is 0.467. The lowest BCUT2D eigenvalue weighted by Crippen LogP contribution is -2.35. The number of nitrogens with one attached hydrogen (secondary N) is 3. The van der Waals surface area contributed by atoms with Gasteiger partial charge in [0.05, 0.1) is 0 Å². The maximum absolute atomic E-state index is 11.7. The Morgan fingerprint density at radius 2 is 1.95 bits per heavy atom. The summed E-state index contributed by atoms with van der Waals surface area (Å²) in [5.74, 6) is -0.0794. The highest BCUT2D eigenvalue weighted by atomic mass is 16.2. The van der Waals surface area contributed by atoms with Crippen LogP contribution in [0.4, 0.5) is 10.5 Å². The molecule has 0 heterocycles. The number of benzene rings is 1. The number of urea groups is 1. The van der Waals surface area contributed by atoms with Crippen LogP contribution in [0.3, 0.4) is 0 Å². The standard InChI is InChI=1S/C15H24N4O2/c1-10(2)18-14(20)7-8-17-15(21)19-13-6-4-5-12(9-13)11(3)16/h4-6,9-11H,7-8,16H2,1-3H3,(H,18,20)(H2,17,19,21). The fourth-order valence-electron chi connectivity index (χ4n) is 1.76. The van der Waals surface area contributed by atoms with Gasteiger partial charge in [-0.15, -0.1) is 0 Å². The van der Waals surface area contributed by atoms with Gasteiger partial charge >= 0.3 is 6.03 Å². The number of carbonyl (C=O) groups is 2. The van der Waals surface area contributed by atoms with E-state index in [2.05, 4.69) is 16.0 Å². The number of anilines is 1. The second-order valence-corrected chi connectivity index (χ2v) is 5.27. The number of hydrogen-bond acceptors (Lipinski definition) is 3. The molecule has 21 heavy (non-hydrogen) atoms. The molecular weight excluding hydrogens is 268 g/mol. The van der Waals surface area contributed by atoms with Crippen molar-refractivity contribution in [3.63, 3.8) is 0 Å². The highest BCUT2D eigenvalue weighted by molar-refractivity contribution is 5.89. The van der Waals surface area contributed by atoms with Gasteiger partial charge in [-0.25, -0.2) is 4.79 Å². The van der Waals surface area contributed by atoms with Gasteiger partial charge in [0.25, 0.3) is 0 Å². The minimum absolute atomic E-state index is 0.0794. The van der Waals surface area contributed by atoms with Crippen LogP contribution in [0.5, 0.6) is 0 Å². The van der Waals surface area contributed by atoms with Crippen LogP contribution in [-0.2, 0) is 4.79 Å². The smallest absolute Gasteiger partial charge is 0.319 e. The van der Waals surface area contributed by atoms with Crippen LogP contribution >= 0.6 is 0 Å². The van der Waals surface area contributed by atoms with Crippen LogP contribution < -0.4 is 21.7 Å². The number of hydrogen-bond donors (Lipinski definition) is 4. The first kappa shape index (κ1) is 17.0. The average Bonchev–Trinajstić information content (AvgIpc) is 2.37. The van der Waals surface area contributed by atoms with Crippen LogP contribution in [-0.4, -0.2) is 24.5 Å². The van der Waals surface area contributed by atoms with E-state index >= 15 is 0 Å². The Bertz CT molecular complexity index is 486. The van der Waals surface area contributed by atoms with Crippen molar-refractivity contribution in [3.05, 3.63) is 29.8 Å². The molecule has 3 amide bonds. The topological polar surface area (TPSA) is 96.2 Å². The van der Waals surface area contributed by atoms with E-state index in [1.54, 1.807) is 6.07 Å². The van der Waals surface area contributed by atoms with Crippen molar-refractivity contribution < 1.29 is 9.59 Å². The third-order valence-corrected chi connectivity index (χ3v) is 2.76. The van der Waals surface area contributed by atoms with E-state index in [1.165, 1.54) is 0 Å². The summed E-state index contributed by atoms with van der Waals surface area (Å²) in [6, 6.07) is 7.04. The molecule has 116 valence electrons. The van der Waals surface area contributed by atoms with E-state index in [0.717, 1.165) is 5.56 Å². The van der Waals surface area contributed by atoms with Gasteiger partial charge in [-0.3, -0.25) is 4.79 Å². The largest absolute Gasteiger partial charge is 0.354 e. The number of amides is 3. The summed E-state index contributed by atoms with van der Waals surface area (Å²) in [7, 11) is 0. The molecule has 1 unspecified atom stereocenters. The quantitative estimate of drug-likeness (QED) is 0.643. The Morgan fingerprint density at radius 3 is 2.57 bits per heavy atom. The summed E-state index contributed by atoms with van der Waals surface area (Å²) < 4.78 is 0. The van der Waals surface area contributed by atoms with E-state index in [4.69, 9.17) is 5.73 Å². The van der Waals surface area contributed by atoms with Gasteiger partial charge in [-0.05, 0) is 38.5 Å². The van der Waals surface area contributed by atoms with Gasteiger partial charge in [0.15, 0.2) is 0 Å². The molecule has 1 aromatic rings. The third kappa shape index (κ3) is 6.76. The maximum atomic E-state index is 11.7. The Hall–Kier alpha value is -2.08. The van der Waals surface area contributed by atoms with E-state index in [0.29, 0.717) is 5.69 Å². The van der Waals surface area contributed by atoms with E-state index in [-0.39, 0.29) is 37.0 Å². The van der Waals surface area contributed by atoms with E-state index < -0.39 is 0 Å². The summed E-state index contributed by atoms with van der Waals surface area (Å²) >= 11 is 0. The second-order valence-electron chi connectivity index (χ2n) is 5.27. The summed E-state index contributed by atoms with van der Waals surface area (Å²) in [5.41, 5.74) is 7.42. The molecule has 0 radical (unpaired) electrons. The Morgan fingerprint density at radius 1 is 1.24 bits per heavy atom. The van der Waals surface area contributed by atoms with Gasteiger partial charge in [0.1, 0.15) is 0 Å². The zero-order valence-electron chi connectivity index (χ0n) is 12.8. The second kappa shape index (κ2) is 8.26. The average molecular weight is 292 g/mol. The SMILES string of the molecule is CC(C)NC(=O)CCNC(=O)Nc1cccc(C(C)N)c1. The molecule has 6 heteroatoms. The molecule has 0 saturated heterocycles. The molecule has 0 bridgehead atoms. The monoisotopic (exact) mass is 292 g/mol. The molecule has 0 aliphatic heterocycles. The molecule has 0 aromatic heterocycles. The molecular formula is C15H24N4O2. The number of nitrogens with two attached hydrogens (primary N) is 1. The van der Waals surface area contributed by atoms with Gasteiger partial charge in [-0.1, -0.05) is 12.1 Å². The van der Waals surface area contributed by atoms with Crippen LogP contribution in [0.15, 0.2) is 24.3 Å². The minimum Gasteiger partial charge on any atom is -0.354 e. The predicted molar refractivity (Wildman–Crippen MR) is 84.0 cm³/mol. The predicted octanol–water partition coefficient (Wildman–Crippen LogP) is 1.74. The number of carbonyl (C=O) groups excluding carboxylic acids is 2. The highest BCUT2D eigenvalue weighted by Crippen LogP contribution is 2.15. The van der Waals surface area contributed by atoms with Crippen molar-refractivity contribution in [2.75, 3.05) is 11.9 Å². The van der Waals surface area contributed by atoms with Crippen LogP contribution in [0.1, 0.15) is 38.8 Å². The van der Waals surface area contributed by atoms with Crippen molar-refractivity contribution in [1.29, 1.82) is 0 Å². The molecule has 0 aliphatic carbocycles. The lowest BCUT2D eigenvalue weighted by atomic mass is 10.1. The molecule has 1 aromatic carbocycles. The van der Waals surface area contributed by atoms with Crippen molar-refractivity contribution >= 4 is 17.6 Å². The van der Waals surface area contributed by atoms with Crippen LogP contribution in [0.25, 0.3) is 0 Å². The molecule has 1 atom stereocenters. The summed E-state index contributed by atoms with van der Waals surface area (Å²) in [5, 5.41) is 8.12. The first-order valence-electron chi connectivity index (χ1n) is 7.08. The zero-order valence-corrected chi connectivity index (χ0v) is 12.8. The summed E-state index contributed by atoms with van der Waals surface area (Å²) in [4.78, 5) is 23.1. The molecule has 6 nitrogen and oxygen atoms in total.